The van der Waals surface area contributed by atoms with Crippen molar-refractivity contribution in [1.82, 2.24) is 15.2 Å². The van der Waals surface area contributed by atoms with Gasteiger partial charge < -0.3 is 20.4 Å². The van der Waals surface area contributed by atoms with Crippen LogP contribution in [0.15, 0.2) is 26.8 Å². The summed E-state index contributed by atoms with van der Waals surface area (Å²) < 4.78 is 0. The molecule has 148 valence electrons. The molecule has 11 nitrogen and oxygen atoms in total. The molecule has 1 unspecified atom stereocenters. The number of carbonyl (C=O) groups is 4. The highest BCUT2D eigenvalue weighted by Gasteiger charge is 2.48. The zero-order valence-electron chi connectivity index (χ0n) is 13.7. The Hall–Kier alpha value is -2.64. The number of thioether (sulfide) groups is 1. The van der Waals surface area contributed by atoms with Gasteiger partial charge in [0, 0.05) is 5.38 Å². The van der Waals surface area contributed by atoms with Crippen molar-refractivity contribution in [3.8, 4) is 0 Å². The number of β-lactam (4-membered cyclic amide) rings is 1. The quantitative estimate of drug-likeness (QED) is 0.302. The number of carbonyl (C=O) groups excluding carboxylic acids is 2. The fourth-order valence-electron chi connectivity index (χ4n) is 2.40. The topological polar surface area (TPSA) is 158 Å². The van der Waals surface area contributed by atoms with E-state index in [0.29, 0.717) is 0 Å². The number of oxime groups is 1. The van der Waals surface area contributed by atoms with E-state index in [2.05, 4.69) is 20.3 Å². The van der Waals surface area contributed by atoms with Gasteiger partial charge in [0.15, 0.2) is 5.71 Å². The van der Waals surface area contributed by atoms with E-state index in [4.69, 9.17) is 16.7 Å². The van der Waals surface area contributed by atoms with Crippen LogP contribution in [0.3, 0.4) is 0 Å². The van der Waals surface area contributed by atoms with E-state index >= 15 is 0 Å². The first kappa shape index (κ1) is 20.1. The standard InChI is InChI=1S/C14H11ClN4O7S2/c15-9-11(14(24)25)19-6(20)1-7(19)28-13(9)17-12(23)10(5-3-27-4-16-5)18-26-2-8(21)22/h3-4,7,13H,1-2H2,(H,17,23)(H,21,22)(H,24,25)/t7-,13?/m1/s1. The van der Waals surface area contributed by atoms with E-state index in [1.807, 2.05) is 0 Å². The second-order valence-electron chi connectivity index (χ2n) is 5.39. The predicted molar refractivity (Wildman–Crippen MR) is 97.5 cm³/mol. The van der Waals surface area contributed by atoms with Crippen molar-refractivity contribution in [2.24, 2.45) is 5.16 Å². The molecule has 0 aromatic carbocycles. The Balaban J connectivity index is 1.83. The maximum absolute atomic E-state index is 12.7. The van der Waals surface area contributed by atoms with Crippen LogP contribution in [0.4, 0.5) is 0 Å². The molecule has 2 atom stereocenters. The molecule has 14 heteroatoms. The third-order valence-electron chi connectivity index (χ3n) is 3.60. The van der Waals surface area contributed by atoms with Crippen LogP contribution in [0.5, 0.6) is 0 Å². The Kier molecular flexibility index (Phi) is 5.86. The van der Waals surface area contributed by atoms with E-state index in [1.165, 1.54) is 22.2 Å². The van der Waals surface area contributed by atoms with Gasteiger partial charge in [-0.25, -0.2) is 14.6 Å². The monoisotopic (exact) mass is 446 g/mol. The van der Waals surface area contributed by atoms with E-state index in [1.54, 1.807) is 0 Å². The molecule has 1 aromatic heterocycles. The molecule has 3 N–H and O–H groups in total. The Morgan fingerprint density at radius 3 is 2.75 bits per heavy atom. The van der Waals surface area contributed by atoms with E-state index in [9.17, 15) is 24.3 Å². The Labute approximate surface area is 170 Å². The van der Waals surface area contributed by atoms with E-state index in [0.717, 1.165) is 16.7 Å². The molecule has 1 aromatic rings. The first-order valence-electron chi connectivity index (χ1n) is 7.51. The van der Waals surface area contributed by atoms with Crippen LogP contribution in [-0.2, 0) is 24.0 Å². The summed E-state index contributed by atoms with van der Waals surface area (Å²) in [6, 6.07) is 0. The van der Waals surface area contributed by atoms with Crippen molar-refractivity contribution in [3.63, 3.8) is 0 Å². The second-order valence-corrected chi connectivity index (χ2v) is 7.81. The number of halogens is 1. The van der Waals surface area contributed by atoms with Crippen molar-refractivity contribution < 1.29 is 34.2 Å². The minimum atomic E-state index is -1.39. The molecule has 3 heterocycles. The first-order chi connectivity index (χ1) is 13.3. The van der Waals surface area contributed by atoms with Gasteiger partial charge in [-0.05, 0) is 0 Å². The molecule has 2 amide bonds. The number of fused-ring (bicyclic) bond motifs is 1. The van der Waals surface area contributed by atoms with Crippen molar-refractivity contribution in [3.05, 3.63) is 27.3 Å². The van der Waals surface area contributed by atoms with E-state index in [-0.39, 0.29) is 34.5 Å². The number of amides is 2. The van der Waals surface area contributed by atoms with Crippen LogP contribution in [0, 0.1) is 0 Å². The van der Waals surface area contributed by atoms with Crippen LogP contribution in [0.1, 0.15) is 12.1 Å². The molecule has 0 saturated carbocycles. The largest absolute Gasteiger partial charge is 0.479 e. The summed E-state index contributed by atoms with van der Waals surface area (Å²) in [6.45, 7) is -0.762. The van der Waals surface area contributed by atoms with Gasteiger partial charge in [-0.15, -0.1) is 23.1 Å². The minimum Gasteiger partial charge on any atom is -0.479 e. The average molecular weight is 447 g/mol. The first-order valence-corrected chi connectivity index (χ1v) is 9.77. The lowest BCUT2D eigenvalue weighted by Gasteiger charge is -2.45. The van der Waals surface area contributed by atoms with Gasteiger partial charge in [0.1, 0.15) is 16.8 Å². The lowest BCUT2D eigenvalue weighted by atomic mass is 10.1. The summed E-state index contributed by atoms with van der Waals surface area (Å²) in [4.78, 5) is 56.0. The average Bonchev–Trinajstić information content (AvgIpc) is 3.14. The maximum atomic E-state index is 12.7. The smallest absolute Gasteiger partial charge is 0.353 e. The molecule has 0 bridgehead atoms. The Morgan fingerprint density at radius 2 is 2.18 bits per heavy atom. The molecule has 1 fully saturated rings. The molecule has 0 radical (unpaired) electrons. The SMILES string of the molecule is O=C(O)CON=C(C(=O)NC1S[C@@H]2CC(=O)N2C(C(=O)O)=C1Cl)c1cscn1. The molecular formula is C14H11ClN4O7S2. The fourth-order valence-corrected chi connectivity index (χ4v) is 4.62. The molecule has 2 aliphatic heterocycles. The third-order valence-corrected chi connectivity index (χ3v) is 6.03. The molecule has 0 spiro atoms. The van der Waals surface area contributed by atoms with Gasteiger partial charge in [-0.3, -0.25) is 14.5 Å². The fraction of sp³-hybridized carbons (Fsp3) is 0.286. The zero-order chi connectivity index (χ0) is 20.4. The number of aliphatic carboxylic acids is 2. The summed E-state index contributed by atoms with van der Waals surface area (Å²) in [7, 11) is 0. The van der Waals surface area contributed by atoms with Crippen molar-refractivity contribution in [2.75, 3.05) is 6.61 Å². The van der Waals surface area contributed by atoms with Crippen LogP contribution in [0.25, 0.3) is 0 Å². The maximum Gasteiger partial charge on any atom is 0.353 e. The molecule has 2 aliphatic rings. The van der Waals surface area contributed by atoms with Gasteiger partial charge in [-0.1, -0.05) is 16.8 Å². The number of nitrogens with zero attached hydrogens (tertiary/aromatic N) is 3. The molecule has 3 rings (SSSR count). The summed E-state index contributed by atoms with van der Waals surface area (Å²) in [5, 5.41) is 23.9. The summed E-state index contributed by atoms with van der Waals surface area (Å²) >= 11 is 8.41. The van der Waals surface area contributed by atoms with Gasteiger partial charge in [0.25, 0.3) is 5.91 Å². The normalized spacial score (nSPS) is 21.7. The molecule has 28 heavy (non-hydrogen) atoms. The molecule has 1 saturated heterocycles. The molecule has 0 aliphatic carbocycles. The van der Waals surface area contributed by atoms with Crippen LogP contribution < -0.4 is 5.32 Å². The number of rotatable bonds is 7. The lowest BCUT2D eigenvalue weighted by Crippen LogP contribution is -2.57. The lowest BCUT2D eigenvalue weighted by molar-refractivity contribution is -0.146. The van der Waals surface area contributed by atoms with Crippen molar-refractivity contribution >= 4 is 64.2 Å². The summed E-state index contributed by atoms with van der Waals surface area (Å²) in [5.41, 5.74) is 0.906. The number of hydrogen-bond donors (Lipinski definition) is 3. The number of nitrogens with one attached hydrogen (secondary N) is 1. The highest BCUT2D eigenvalue weighted by Crippen LogP contribution is 2.44. The van der Waals surface area contributed by atoms with Gasteiger partial charge >= 0.3 is 11.9 Å². The number of hydrogen-bond acceptors (Lipinski definition) is 9. The highest BCUT2D eigenvalue weighted by atomic mass is 35.5. The van der Waals surface area contributed by atoms with E-state index < -0.39 is 35.2 Å². The molecular weight excluding hydrogens is 436 g/mol. The number of carboxylic acids is 2. The summed E-state index contributed by atoms with van der Waals surface area (Å²) in [5.74, 6) is -3.84. The van der Waals surface area contributed by atoms with Crippen LogP contribution in [-0.4, -0.2) is 66.9 Å². The predicted octanol–water partition coefficient (Wildman–Crippen LogP) is 0.231. The minimum absolute atomic E-state index is 0.118. The van der Waals surface area contributed by atoms with Gasteiger partial charge in [-0.2, -0.15) is 0 Å². The Morgan fingerprint density at radius 1 is 1.43 bits per heavy atom. The second kappa shape index (κ2) is 8.16. The highest BCUT2D eigenvalue weighted by molar-refractivity contribution is 8.00. The summed E-state index contributed by atoms with van der Waals surface area (Å²) in [6.07, 6.45) is 0.118. The van der Waals surface area contributed by atoms with Crippen LogP contribution in [0.2, 0.25) is 0 Å². The number of thiazole rings is 1. The van der Waals surface area contributed by atoms with Gasteiger partial charge in [0.2, 0.25) is 12.5 Å². The Bertz CT molecular complexity index is 902. The van der Waals surface area contributed by atoms with Crippen molar-refractivity contribution in [1.29, 1.82) is 0 Å². The van der Waals surface area contributed by atoms with Crippen molar-refractivity contribution in [2.45, 2.75) is 17.2 Å². The number of carboxylic acid groups (broad SMARTS) is 2. The van der Waals surface area contributed by atoms with Crippen LogP contribution >= 0.6 is 34.7 Å². The third kappa shape index (κ3) is 3.95. The number of aromatic nitrogens is 1. The van der Waals surface area contributed by atoms with Gasteiger partial charge in [0.05, 0.1) is 22.3 Å². The zero-order valence-corrected chi connectivity index (χ0v) is 16.1.